The van der Waals surface area contributed by atoms with Gasteiger partial charge in [-0.25, -0.2) is 0 Å². The van der Waals surface area contributed by atoms with E-state index in [1.165, 1.54) is 25.0 Å². The maximum Gasteiger partial charge on any atom is 0.348 e. The van der Waals surface area contributed by atoms with E-state index in [1.54, 1.807) is 27.8 Å². The van der Waals surface area contributed by atoms with E-state index in [1.807, 2.05) is 0 Å². The summed E-state index contributed by atoms with van der Waals surface area (Å²) >= 11 is 5.77. The zero-order chi connectivity index (χ0) is 25.7. The number of nitrogens with zero attached hydrogens (tertiary/aromatic N) is 2. The fourth-order valence-corrected chi connectivity index (χ4v) is 4.96. The van der Waals surface area contributed by atoms with Crippen LogP contribution < -0.4 is 10.8 Å². The van der Waals surface area contributed by atoms with Crippen molar-refractivity contribution in [1.82, 2.24) is 15.0 Å². The van der Waals surface area contributed by atoms with Crippen LogP contribution in [0.2, 0.25) is 5.02 Å². The van der Waals surface area contributed by atoms with Gasteiger partial charge in [0.15, 0.2) is 0 Å². The number of alkyl halides is 2. The number of imide groups is 1. The van der Waals surface area contributed by atoms with Gasteiger partial charge in [0.25, 0.3) is 11.8 Å². The molecule has 7 nitrogen and oxygen atoms in total. The Balaban J connectivity index is 1.57. The molecule has 4 amide bonds. The van der Waals surface area contributed by atoms with Crippen LogP contribution in [0.4, 0.5) is 8.78 Å². The summed E-state index contributed by atoms with van der Waals surface area (Å²) in [5.74, 6) is -6.77. The van der Waals surface area contributed by atoms with E-state index >= 15 is 0 Å². The first-order valence-electron chi connectivity index (χ1n) is 11.1. The number of carbonyl (C=O) groups excluding carboxylic acids is 4. The molecule has 2 unspecified atom stereocenters. The molecule has 2 atom stereocenters. The van der Waals surface area contributed by atoms with Crippen molar-refractivity contribution in [1.29, 1.82) is 0 Å². The molecule has 2 aliphatic rings. The van der Waals surface area contributed by atoms with Gasteiger partial charge in [0.1, 0.15) is 21.7 Å². The Bertz CT molecular complexity index is 1250. The Hall–Kier alpha value is -3.14. The van der Waals surface area contributed by atoms with Crippen LogP contribution in [0.3, 0.4) is 0 Å². The summed E-state index contributed by atoms with van der Waals surface area (Å²) in [6.07, 6.45) is 0.375. The third kappa shape index (κ3) is 4.35. The second kappa shape index (κ2) is 9.15. The number of nitrogens with one attached hydrogen (secondary N) is 1. The van der Waals surface area contributed by atoms with Gasteiger partial charge < -0.3 is 9.71 Å². The summed E-state index contributed by atoms with van der Waals surface area (Å²) in [4.78, 5) is 52.1. The normalized spacial score (nSPS) is 20.0. The first-order valence-corrected chi connectivity index (χ1v) is 11.5. The molecule has 1 saturated heterocycles. The Labute approximate surface area is 208 Å². The molecule has 0 saturated carbocycles. The smallest absolute Gasteiger partial charge is 0.348 e. The van der Waals surface area contributed by atoms with Gasteiger partial charge in [-0.05, 0) is 35.7 Å². The molecule has 0 aliphatic carbocycles. The van der Waals surface area contributed by atoms with Crippen LogP contribution >= 0.6 is 11.6 Å². The van der Waals surface area contributed by atoms with Crippen LogP contribution in [-0.2, 0) is 26.9 Å². The quantitative estimate of drug-likeness (QED) is 0.432. The number of benzene rings is 2. The van der Waals surface area contributed by atoms with E-state index in [-0.39, 0.29) is 36.2 Å². The molecule has 2 aliphatic heterocycles. The lowest BCUT2D eigenvalue weighted by Crippen LogP contribution is -2.53. The first kappa shape index (κ1) is 25.0. The van der Waals surface area contributed by atoms with Crippen molar-refractivity contribution in [2.24, 2.45) is 0 Å². The van der Waals surface area contributed by atoms with Gasteiger partial charge in [-0.2, -0.15) is 8.78 Å². The highest BCUT2D eigenvalue weighted by molar-refractivity contribution is 6.37. The van der Waals surface area contributed by atoms with Crippen molar-refractivity contribution >= 4 is 64.4 Å². The third-order valence-electron chi connectivity index (χ3n) is 6.70. The Morgan fingerprint density at radius 2 is 1.83 bits per heavy atom. The van der Waals surface area contributed by atoms with Gasteiger partial charge in [-0.15, -0.1) is 0 Å². The second-order valence-corrected chi connectivity index (χ2v) is 9.35. The molecule has 1 fully saturated rings. The van der Waals surface area contributed by atoms with E-state index < -0.39 is 35.3 Å². The maximum absolute atomic E-state index is 14.8. The van der Waals surface area contributed by atoms with E-state index in [0.717, 1.165) is 16.9 Å². The topological polar surface area (TPSA) is 86.8 Å². The molecule has 0 bridgehead atoms. The van der Waals surface area contributed by atoms with Gasteiger partial charge in [-0.3, -0.25) is 24.5 Å². The summed E-state index contributed by atoms with van der Waals surface area (Å²) in [6, 6.07) is 7.30. The number of hydrogen-bond acceptors (Lipinski definition) is 4. The SMILES string of the molecule is Bc1c(CN(B)C(=O)C(F)(F)c2ccc(Cl)cc2)ccc2c1C(B)N(C1CCC(=O)NC1=O)C2=O. The van der Waals surface area contributed by atoms with Crippen LogP contribution in [0.25, 0.3) is 0 Å². The highest BCUT2D eigenvalue weighted by Gasteiger charge is 2.45. The highest BCUT2D eigenvalue weighted by Crippen LogP contribution is 2.35. The van der Waals surface area contributed by atoms with Gasteiger partial charge in [0.05, 0.1) is 0 Å². The van der Waals surface area contributed by atoms with E-state index in [9.17, 15) is 28.0 Å². The number of piperidine rings is 1. The molecule has 0 aromatic heterocycles. The molecule has 2 aromatic rings. The van der Waals surface area contributed by atoms with E-state index in [4.69, 9.17) is 11.6 Å². The molecular weight excluding hydrogens is 476 g/mol. The van der Waals surface area contributed by atoms with Crippen molar-refractivity contribution < 1.29 is 28.0 Å². The lowest BCUT2D eigenvalue weighted by atomic mass is 9.76. The van der Waals surface area contributed by atoms with Crippen molar-refractivity contribution in [2.45, 2.75) is 37.3 Å². The summed E-state index contributed by atoms with van der Waals surface area (Å²) in [5, 5.41) is 2.56. The Kier molecular flexibility index (Phi) is 6.53. The number of rotatable bonds is 5. The van der Waals surface area contributed by atoms with Gasteiger partial charge in [-0.1, -0.05) is 35.3 Å². The highest BCUT2D eigenvalue weighted by atomic mass is 35.5. The first-order chi connectivity index (χ1) is 16.4. The Morgan fingerprint density at radius 3 is 2.46 bits per heavy atom. The molecule has 0 spiro atoms. The predicted molar refractivity (Wildman–Crippen MR) is 133 cm³/mol. The van der Waals surface area contributed by atoms with Crippen LogP contribution in [0, 0.1) is 0 Å². The van der Waals surface area contributed by atoms with Crippen LogP contribution in [0.1, 0.15) is 45.8 Å². The largest absolute Gasteiger partial charge is 0.384 e. The van der Waals surface area contributed by atoms with Crippen molar-refractivity contribution in [3.05, 3.63) is 63.7 Å². The average Bonchev–Trinajstić information content (AvgIpc) is 3.05. The number of hydrogen-bond donors (Lipinski definition) is 1. The molecule has 35 heavy (non-hydrogen) atoms. The minimum absolute atomic E-state index is 0.0968. The minimum Gasteiger partial charge on any atom is -0.384 e. The average molecular weight is 497 g/mol. The number of carbonyl (C=O) groups is 4. The fraction of sp³-hybridized carbons (Fsp3) is 0.273. The number of halogens is 3. The summed E-state index contributed by atoms with van der Waals surface area (Å²) in [7, 11) is 4.85. The lowest BCUT2D eigenvalue weighted by Gasteiger charge is -2.33. The van der Waals surface area contributed by atoms with Crippen LogP contribution in [0.5, 0.6) is 0 Å². The third-order valence-corrected chi connectivity index (χ3v) is 6.95. The Morgan fingerprint density at radius 1 is 1.17 bits per heavy atom. The van der Waals surface area contributed by atoms with Crippen molar-refractivity contribution in [3.63, 3.8) is 0 Å². The summed E-state index contributed by atoms with van der Waals surface area (Å²) < 4.78 is 29.7. The standard InChI is InChI=1S/C22H21B3ClF2N3O4/c23-17-10(9-30(25)21(35)22(27,28)11-2-4-12(26)5-3-11)1-6-13-16(17)18(24)31(20(13)34)14-7-8-15(32)29-19(14)33/h1-6,14,18H,7-9,23-25H2,(H,29,32,33). The monoisotopic (exact) mass is 497 g/mol. The molecular formula is C22H21B3ClF2N3O4. The van der Waals surface area contributed by atoms with Gasteiger partial charge >= 0.3 is 5.92 Å². The van der Waals surface area contributed by atoms with Crippen LogP contribution in [0.15, 0.2) is 36.4 Å². The van der Waals surface area contributed by atoms with Crippen molar-refractivity contribution in [2.75, 3.05) is 0 Å². The zero-order valence-corrected chi connectivity index (χ0v) is 20.2. The molecule has 178 valence electrons. The number of fused-ring (bicyclic) bond motifs is 1. The van der Waals surface area contributed by atoms with Gasteiger partial charge in [0.2, 0.25) is 19.8 Å². The summed E-state index contributed by atoms with van der Waals surface area (Å²) in [6.45, 7) is -0.0968. The molecule has 1 N–H and O–H groups in total. The molecule has 13 heteroatoms. The summed E-state index contributed by atoms with van der Waals surface area (Å²) in [5.41, 5.74) is 1.94. The minimum atomic E-state index is -3.74. The van der Waals surface area contributed by atoms with Gasteiger partial charge in [0, 0.05) is 35.1 Å². The molecule has 4 rings (SSSR count). The second-order valence-electron chi connectivity index (χ2n) is 8.91. The van der Waals surface area contributed by atoms with Crippen molar-refractivity contribution in [3.8, 4) is 0 Å². The van der Waals surface area contributed by atoms with E-state index in [0.29, 0.717) is 22.2 Å². The fourth-order valence-electron chi connectivity index (χ4n) is 4.83. The van der Waals surface area contributed by atoms with Crippen LogP contribution in [-0.4, -0.2) is 63.1 Å². The molecule has 0 radical (unpaired) electrons. The molecule has 2 heterocycles. The number of amides is 4. The molecule has 2 aromatic carbocycles. The predicted octanol–water partition coefficient (Wildman–Crippen LogP) is -0.840. The maximum atomic E-state index is 14.8. The van der Waals surface area contributed by atoms with E-state index in [2.05, 4.69) is 5.32 Å². The lowest BCUT2D eigenvalue weighted by molar-refractivity contribution is -0.154. The zero-order valence-electron chi connectivity index (χ0n) is 19.4.